The first kappa shape index (κ1) is 15.0. The molecule has 1 aromatic heterocycles. The van der Waals surface area contributed by atoms with Gasteiger partial charge in [-0.15, -0.1) is 0 Å². The molecular formula is C13H8ClF2N3O2. The van der Waals surface area contributed by atoms with Crippen molar-refractivity contribution < 1.29 is 18.4 Å². The molecule has 1 N–H and O–H groups in total. The highest BCUT2D eigenvalue weighted by atomic mass is 35.5. The fraction of sp³-hybridized carbons (Fsp3) is 0.0769. The molecule has 0 aliphatic heterocycles. The monoisotopic (exact) mass is 311 g/mol. The number of amides is 1. The second-order valence-electron chi connectivity index (χ2n) is 3.95. The molecule has 8 heteroatoms. The summed E-state index contributed by atoms with van der Waals surface area (Å²) in [5.74, 6) is -2.39. The van der Waals surface area contributed by atoms with Crippen molar-refractivity contribution in [2.45, 2.75) is 6.42 Å². The lowest BCUT2D eigenvalue weighted by Gasteiger charge is -2.08. The van der Waals surface area contributed by atoms with E-state index in [-0.39, 0.29) is 17.1 Å². The van der Waals surface area contributed by atoms with Crippen LogP contribution < -0.4 is 5.32 Å². The van der Waals surface area contributed by atoms with E-state index in [2.05, 4.69) is 15.3 Å². The zero-order chi connectivity index (χ0) is 15.4. The second kappa shape index (κ2) is 6.36. The van der Waals surface area contributed by atoms with Gasteiger partial charge in [-0.25, -0.2) is 18.7 Å². The number of aldehydes is 1. The summed E-state index contributed by atoms with van der Waals surface area (Å²) in [5, 5.41) is 1.83. The van der Waals surface area contributed by atoms with Crippen LogP contribution in [0.3, 0.4) is 0 Å². The van der Waals surface area contributed by atoms with E-state index in [9.17, 15) is 18.4 Å². The van der Waals surface area contributed by atoms with Gasteiger partial charge in [-0.3, -0.25) is 9.59 Å². The van der Waals surface area contributed by atoms with Crippen LogP contribution >= 0.6 is 11.6 Å². The molecule has 0 unspecified atom stereocenters. The Balaban J connectivity index is 2.20. The third-order valence-corrected chi connectivity index (χ3v) is 2.98. The van der Waals surface area contributed by atoms with Gasteiger partial charge in [-0.05, 0) is 12.1 Å². The van der Waals surface area contributed by atoms with Gasteiger partial charge >= 0.3 is 0 Å². The molecule has 1 amide bonds. The van der Waals surface area contributed by atoms with Gasteiger partial charge in [0.25, 0.3) is 0 Å². The molecule has 0 bridgehead atoms. The molecule has 108 valence electrons. The zero-order valence-electron chi connectivity index (χ0n) is 10.4. The SMILES string of the molecule is O=Cc1nccnc1NC(=O)Cc1c(F)ccc(F)c1Cl. The Labute approximate surface area is 123 Å². The summed E-state index contributed by atoms with van der Waals surface area (Å²) < 4.78 is 26.8. The Morgan fingerprint density at radius 3 is 2.62 bits per heavy atom. The summed E-state index contributed by atoms with van der Waals surface area (Å²) in [6, 6.07) is 1.75. The summed E-state index contributed by atoms with van der Waals surface area (Å²) in [6.07, 6.45) is 2.47. The number of benzene rings is 1. The highest BCUT2D eigenvalue weighted by Gasteiger charge is 2.17. The van der Waals surface area contributed by atoms with Crippen LogP contribution in [0.5, 0.6) is 0 Å². The molecular weight excluding hydrogens is 304 g/mol. The summed E-state index contributed by atoms with van der Waals surface area (Å²) in [5.41, 5.74) is -0.345. The molecule has 1 heterocycles. The Morgan fingerprint density at radius 1 is 1.24 bits per heavy atom. The highest BCUT2D eigenvalue weighted by molar-refractivity contribution is 6.31. The van der Waals surface area contributed by atoms with Crippen LogP contribution in [0.25, 0.3) is 0 Å². The second-order valence-corrected chi connectivity index (χ2v) is 4.33. The third kappa shape index (κ3) is 3.38. The van der Waals surface area contributed by atoms with Gasteiger partial charge in [0.2, 0.25) is 5.91 Å². The van der Waals surface area contributed by atoms with E-state index in [0.29, 0.717) is 6.29 Å². The summed E-state index contributed by atoms with van der Waals surface area (Å²) in [7, 11) is 0. The van der Waals surface area contributed by atoms with Crippen molar-refractivity contribution in [3.63, 3.8) is 0 Å². The number of aromatic nitrogens is 2. The van der Waals surface area contributed by atoms with Gasteiger partial charge in [0, 0.05) is 18.0 Å². The molecule has 0 fully saturated rings. The average molecular weight is 312 g/mol. The first-order chi connectivity index (χ1) is 10.0. The van der Waals surface area contributed by atoms with Crippen LogP contribution in [0.4, 0.5) is 14.6 Å². The number of hydrogen-bond acceptors (Lipinski definition) is 4. The van der Waals surface area contributed by atoms with Crippen LogP contribution in [0.15, 0.2) is 24.5 Å². The van der Waals surface area contributed by atoms with Crippen LogP contribution in [-0.4, -0.2) is 22.2 Å². The molecule has 1 aromatic carbocycles. The number of rotatable bonds is 4. The predicted molar refractivity (Wildman–Crippen MR) is 71.1 cm³/mol. The normalized spacial score (nSPS) is 10.2. The number of nitrogens with one attached hydrogen (secondary N) is 1. The lowest BCUT2D eigenvalue weighted by Crippen LogP contribution is -2.18. The van der Waals surface area contributed by atoms with Crippen LogP contribution in [0, 0.1) is 11.6 Å². The minimum Gasteiger partial charge on any atom is -0.308 e. The van der Waals surface area contributed by atoms with Gasteiger partial charge in [-0.1, -0.05) is 11.6 Å². The number of carbonyl (C=O) groups is 2. The van der Waals surface area contributed by atoms with Crippen molar-refractivity contribution in [3.05, 3.63) is 52.4 Å². The smallest absolute Gasteiger partial charge is 0.230 e. The van der Waals surface area contributed by atoms with Crippen molar-refractivity contribution in [2.24, 2.45) is 0 Å². The molecule has 0 radical (unpaired) electrons. The van der Waals surface area contributed by atoms with Gasteiger partial charge in [0.05, 0.1) is 11.4 Å². The quantitative estimate of drug-likeness (QED) is 0.695. The lowest BCUT2D eigenvalue weighted by molar-refractivity contribution is -0.115. The van der Waals surface area contributed by atoms with Crippen molar-refractivity contribution in [1.82, 2.24) is 9.97 Å². The maximum absolute atomic E-state index is 13.6. The molecule has 2 rings (SSSR count). The fourth-order valence-corrected chi connectivity index (χ4v) is 1.82. The molecule has 21 heavy (non-hydrogen) atoms. The molecule has 0 saturated heterocycles. The molecule has 5 nitrogen and oxygen atoms in total. The molecule has 0 aliphatic rings. The van der Waals surface area contributed by atoms with Crippen LogP contribution in [0.2, 0.25) is 5.02 Å². The Hall–Kier alpha value is -2.41. The lowest BCUT2D eigenvalue weighted by atomic mass is 10.1. The molecule has 0 aliphatic carbocycles. The van der Waals surface area contributed by atoms with Gasteiger partial charge in [0.1, 0.15) is 17.3 Å². The topological polar surface area (TPSA) is 72.0 Å². The first-order valence-corrected chi connectivity index (χ1v) is 6.09. The van der Waals surface area contributed by atoms with E-state index in [1.54, 1.807) is 0 Å². The Morgan fingerprint density at radius 2 is 1.90 bits per heavy atom. The standard InChI is InChI=1S/C13H8ClF2N3O2/c14-12-7(8(15)1-2-9(12)16)5-11(21)19-13-10(6-20)17-3-4-18-13/h1-4,6H,5H2,(H,18,19,21). The van der Waals surface area contributed by atoms with Crippen LogP contribution in [0.1, 0.15) is 16.1 Å². The largest absolute Gasteiger partial charge is 0.308 e. The Kier molecular flexibility index (Phi) is 4.54. The third-order valence-electron chi connectivity index (χ3n) is 2.57. The summed E-state index contributed by atoms with van der Waals surface area (Å²) in [4.78, 5) is 30.0. The van der Waals surface area contributed by atoms with Crippen LogP contribution in [-0.2, 0) is 11.2 Å². The molecule has 0 spiro atoms. The van der Waals surface area contributed by atoms with Crippen molar-refractivity contribution >= 4 is 29.6 Å². The number of carbonyl (C=O) groups excluding carboxylic acids is 2. The maximum Gasteiger partial charge on any atom is 0.230 e. The van der Waals surface area contributed by atoms with Gasteiger partial charge in [0.15, 0.2) is 12.1 Å². The Bertz CT molecular complexity index is 710. The minimum absolute atomic E-state index is 0.0644. The van der Waals surface area contributed by atoms with E-state index in [1.807, 2.05) is 0 Å². The van der Waals surface area contributed by atoms with Gasteiger partial charge < -0.3 is 5.32 Å². The van der Waals surface area contributed by atoms with Crippen molar-refractivity contribution in [1.29, 1.82) is 0 Å². The highest BCUT2D eigenvalue weighted by Crippen LogP contribution is 2.23. The number of hydrogen-bond donors (Lipinski definition) is 1. The fourth-order valence-electron chi connectivity index (χ4n) is 1.60. The maximum atomic E-state index is 13.6. The predicted octanol–water partition coefficient (Wildman–Crippen LogP) is 2.40. The van der Waals surface area contributed by atoms with Gasteiger partial charge in [-0.2, -0.15) is 0 Å². The molecule has 2 aromatic rings. The number of halogens is 3. The average Bonchev–Trinajstić information content (AvgIpc) is 2.48. The molecule has 0 atom stereocenters. The number of nitrogens with zero attached hydrogens (tertiary/aromatic N) is 2. The first-order valence-electron chi connectivity index (χ1n) is 5.71. The van der Waals surface area contributed by atoms with E-state index in [0.717, 1.165) is 12.1 Å². The van der Waals surface area contributed by atoms with E-state index in [4.69, 9.17) is 11.6 Å². The number of anilines is 1. The summed E-state index contributed by atoms with van der Waals surface area (Å²) >= 11 is 5.62. The van der Waals surface area contributed by atoms with E-state index in [1.165, 1.54) is 12.4 Å². The zero-order valence-corrected chi connectivity index (χ0v) is 11.2. The van der Waals surface area contributed by atoms with E-state index < -0.39 is 29.0 Å². The molecule has 0 saturated carbocycles. The van der Waals surface area contributed by atoms with E-state index >= 15 is 0 Å². The minimum atomic E-state index is -0.825. The summed E-state index contributed by atoms with van der Waals surface area (Å²) in [6.45, 7) is 0. The van der Waals surface area contributed by atoms with Crippen molar-refractivity contribution in [3.8, 4) is 0 Å². The van der Waals surface area contributed by atoms with Crippen molar-refractivity contribution in [2.75, 3.05) is 5.32 Å².